The molecule has 3 N–H and O–H groups in total. The van der Waals surface area contributed by atoms with E-state index in [2.05, 4.69) is 4.98 Å². The molecule has 1 aromatic carbocycles. The van der Waals surface area contributed by atoms with Crippen molar-refractivity contribution in [1.29, 1.82) is 5.41 Å². The fourth-order valence-corrected chi connectivity index (χ4v) is 1.53. The molecule has 0 amide bonds. The molecule has 0 aliphatic rings. The number of hydrogen-bond acceptors (Lipinski definition) is 2. The molecule has 7 heteroatoms. The van der Waals surface area contributed by atoms with Crippen molar-refractivity contribution in [2.75, 3.05) is 0 Å². The van der Waals surface area contributed by atoms with Crippen molar-refractivity contribution < 1.29 is 13.2 Å². The summed E-state index contributed by atoms with van der Waals surface area (Å²) in [5.74, 6) is -0.358. The van der Waals surface area contributed by atoms with E-state index >= 15 is 0 Å². The van der Waals surface area contributed by atoms with Crippen LogP contribution in [-0.2, 0) is 6.18 Å². The molecule has 0 saturated heterocycles. The van der Waals surface area contributed by atoms with Crippen molar-refractivity contribution in [3.63, 3.8) is 0 Å². The zero-order valence-corrected chi connectivity index (χ0v) is 9.77. The van der Waals surface area contributed by atoms with Crippen molar-refractivity contribution in [1.82, 2.24) is 4.98 Å². The van der Waals surface area contributed by atoms with Gasteiger partial charge in [0, 0.05) is 5.39 Å². The number of rotatable bonds is 1. The van der Waals surface area contributed by atoms with Gasteiger partial charge in [0.25, 0.3) is 0 Å². The van der Waals surface area contributed by atoms with Crippen LogP contribution in [0.25, 0.3) is 10.9 Å². The van der Waals surface area contributed by atoms with Gasteiger partial charge in [-0.25, -0.2) is 4.98 Å². The minimum absolute atomic E-state index is 0. The van der Waals surface area contributed by atoms with Crippen LogP contribution in [0.5, 0.6) is 0 Å². The third-order valence-electron chi connectivity index (χ3n) is 2.30. The first-order valence-electron chi connectivity index (χ1n) is 4.71. The van der Waals surface area contributed by atoms with Crippen molar-refractivity contribution in [3.8, 4) is 0 Å². The fraction of sp³-hybridized carbons (Fsp3) is 0.0909. The number of alkyl halides is 3. The van der Waals surface area contributed by atoms with Gasteiger partial charge in [-0.15, -0.1) is 12.4 Å². The first kappa shape index (κ1) is 14.2. The van der Waals surface area contributed by atoms with Crippen LogP contribution in [-0.4, -0.2) is 10.8 Å². The van der Waals surface area contributed by atoms with Gasteiger partial charge in [0.15, 0.2) is 0 Å². The molecule has 0 bridgehead atoms. The number of para-hydroxylation sites is 1. The van der Waals surface area contributed by atoms with Gasteiger partial charge in [-0.05, 0) is 12.1 Å². The summed E-state index contributed by atoms with van der Waals surface area (Å²) < 4.78 is 38.2. The highest BCUT2D eigenvalue weighted by atomic mass is 35.5. The van der Waals surface area contributed by atoms with Gasteiger partial charge < -0.3 is 5.73 Å². The number of halogens is 4. The van der Waals surface area contributed by atoms with Crippen molar-refractivity contribution >= 4 is 29.1 Å². The average molecular weight is 276 g/mol. The maximum absolute atomic E-state index is 12.7. The Morgan fingerprint density at radius 3 is 2.39 bits per heavy atom. The molecule has 0 fully saturated rings. The van der Waals surface area contributed by atoms with E-state index in [1.54, 1.807) is 0 Å². The molecule has 96 valence electrons. The highest BCUT2D eigenvalue weighted by Crippen LogP contribution is 2.33. The van der Waals surface area contributed by atoms with Crippen LogP contribution in [0.15, 0.2) is 30.3 Å². The Morgan fingerprint density at radius 2 is 1.83 bits per heavy atom. The summed E-state index contributed by atoms with van der Waals surface area (Å²) in [6.07, 6.45) is -4.47. The summed E-state index contributed by atoms with van der Waals surface area (Å²) in [5.41, 5.74) is 4.23. The molecule has 0 aliphatic carbocycles. The molecule has 0 aliphatic heterocycles. The molecule has 1 aromatic heterocycles. The van der Waals surface area contributed by atoms with Crippen LogP contribution in [0.3, 0.4) is 0 Å². The lowest BCUT2D eigenvalue weighted by Gasteiger charge is -2.10. The van der Waals surface area contributed by atoms with Crippen LogP contribution in [0.4, 0.5) is 13.2 Å². The third-order valence-corrected chi connectivity index (χ3v) is 2.30. The lowest BCUT2D eigenvalue weighted by Crippen LogP contribution is -2.14. The molecule has 0 spiro atoms. The molecule has 2 aromatic rings. The second-order valence-corrected chi connectivity index (χ2v) is 3.49. The van der Waals surface area contributed by atoms with Gasteiger partial charge >= 0.3 is 6.18 Å². The minimum Gasteiger partial charge on any atom is -0.382 e. The number of nitrogens with one attached hydrogen (secondary N) is 1. The highest BCUT2D eigenvalue weighted by Gasteiger charge is 2.33. The summed E-state index contributed by atoms with van der Waals surface area (Å²) in [4.78, 5) is 3.77. The molecule has 0 saturated carbocycles. The lowest BCUT2D eigenvalue weighted by molar-refractivity contribution is -0.136. The Kier molecular flexibility index (Phi) is 3.81. The minimum atomic E-state index is -4.47. The summed E-state index contributed by atoms with van der Waals surface area (Å²) in [6.45, 7) is 0. The van der Waals surface area contributed by atoms with Crippen LogP contribution in [0.1, 0.15) is 11.3 Å². The zero-order chi connectivity index (χ0) is 12.6. The zero-order valence-electron chi connectivity index (χ0n) is 8.95. The molecule has 0 radical (unpaired) electrons. The molecule has 3 nitrogen and oxygen atoms in total. The number of nitrogens with two attached hydrogens (primary N) is 1. The van der Waals surface area contributed by atoms with E-state index in [0.29, 0.717) is 5.39 Å². The van der Waals surface area contributed by atoms with E-state index in [-0.39, 0.29) is 29.5 Å². The SMILES string of the molecule is Cl.N=C(N)c1ccc2cccc(C(F)(F)F)c2n1. The third kappa shape index (κ3) is 2.53. The molecule has 18 heavy (non-hydrogen) atoms. The quantitative estimate of drug-likeness (QED) is 0.621. The number of nitrogens with zero attached hydrogens (tertiary/aromatic N) is 1. The number of pyridine rings is 1. The number of aromatic nitrogens is 1. The fourth-order valence-electron chi connectivity index (χ4n) is 1.53. The number of hydrogen-bond donors (Lipinski definition) is 2. The average Bonchev–Trinajstić information content (AvgIpc) is 2.26. The molecular weight excluding hydrogens is 267 g/mol. The second-order valence-electron chi connectivity index (χ2n) is 3.49. The topological polar surface area (TPSA) is 62.8 Å². The van der Waals surface area contributed by atoms with E-state index in [1.807, 2.05) is 0 Å². The molecular formula is C11H9ClF3N3. The summed E-state index contributed by atoms with van der Waals surface area (Å²) >= 11 is 0. The number of benzene rings is 1. The predicted molar refractivity (Wildman–Crippen MR) is 65.0 cm³/mol. The van der Waals surface area contributed by atoms with Crippen molar-refractivity contribution in [2.45, 2.75) is 6.18 Å². The molecule has 0 atom stereocenters. The number of amidine groups is 1. The van der Waals surface area contributed by atoms with Gasteiger partial charge in [-0.2, -0.15) is 13.2 Å². The monoisotopic (exact) mass is 275 g/mol. The van der Waals surface area contributed by atoms with Gasteiger partial charge in [0.05, 0.1) is 11.1 Å². The first-order chi connectivity index (χ1) is 7.89. The smallest absolute Gasteiger partial charge is 0.382 e. The van der Waals surface area contributed by atoms with Crippen LogP contribution in [0.2, 0.25) is 0 Å². The Morgan fingerprint density at radius 1 is 1.17 bits per heavy atom. The van der Waals surface area contributed by atoms with E-state index in [4.69, 9.17) is 11.1 Å². The van der Waals surface area contributed by atoms with Crippen LogP contribution in [0, 0.1) is 5.41 Å². The first-order valence-corrected chi connectivity index (χ1v) is 4.71. The highest BCUT2D eigenvalue weighted by molar-refractivity contribution is 5.96. The lowest BCUT2D eigenvalue weighted by atomic mass is 10.1. The Bertz CT molecular complexity index is 596. The largest absolute Gasteiger partial charge is 0.418 e. The van der Waals surface area contributed by atoms with Crippen LogP contribution >= 0.6 is 12.4 Å². The Labute approximate surface area is 107 Å². The maximum Gasteiger partial charge on any atom is 0.418 e. The van der Waals surface area contributed by atoms with E-state index in [0.717, 1.165) is 6.07 Å². The van der Waals surface area contributed by atoms with Gasteiger partial charge in [-0.3, -0.25) is 5.41 Å². The van der Waals surface area contributed by atoms with Crippen molar-refractivity contribution in [2.24, 2.45) is 5.73 Å². The number of nitrogen functional groups attached to an aromatic ring is 1. The second kappa shape index (κ2) is 4.81. The summed E-state index contributed by atoms with van der Waals surface area (Å²) in [5, 5.41) is 7.54. The molecule has 2 rings (SSSR count). The van der Waals surface area contributed by atoms with E-state index in [9.17, 15) is 13.2 Å². The standard InChI is InChI=1S/C11H8F3N3.ClH/c12-11(13,14)7-3-1-2-6-4-5-8(10(15)16)17-9(6)7;/h1-5H,(H3,15,16);1H. The summed E-state index contributed by atoms with van der Waals surface area (Å²) in [7, 11) is 0. The predicted octanol–water partition coefficient (Wildman–Crippen LogP) is 2.96. The maximum atomic E-state index is 12.7. The van der Waals surface area contributed by atoms with E-state index < -0.39 is 11.7 Å². The van der Waals surface area contributed by atoms with Gasteiger partial charge in [0.1, 0.15) is 11.5 Å². The molecule has 0 unspecified atom stereocenters. The van der Waals surface area contributed by atoms with Crippen molar-refractivity contribution in [3.05, 3.63) is 41.6 Å². The number of fused-ring (bicyclic) bond motifs is 1. The van der Waals surface area contributed by atoms with Gasteiger partial charge in [0.2, 0.25) is 0 Å². The Balaban J connectivity index is 0.00000162. The van der Waals surface area contributed by atoms with E-state index in [1.165, 1.54) is 24.3 Å². The van der Waals surface area contributed by atoms with Gasteiger partial charge in [-0.1, -0.05) is 18.2 Å². The summed E-state index contributed by atoms with van der Waals surface area (Å²) in [6, 6.07) is 6.69. The Hall–Kier alpha value is -1.82. The normalized spacial score (nSPS) is 11.1. The van der Waals surface area contributed by atoms with Crippen LogP contribution < -0.4 is 5.73 Å². The molecule has 1 heterocycles.